The Labute approximate surface area is 80.9 Å². The highest BCUT2D eigenvalue weighted by Crippen LogP contribution is 1.87. The van der Waals surface area contributed by atoms with Crippen LogP contribution in [0.15, 0.2) is 0 Å². The first kappa shape index (κ1) is 12.8. The van der Waals surface area contributed by atoms with Crippen molar-refractivity contribution in [2.45, 2.75) is 19.1 Å². The van der Waals surface area contributed by atoms with E-state index in [1.807, 2.05) is 25.9 Å². The van der Waals surface area contributed by atoms with Gasteiger partial charge in [0.15, 0.2) is 0 Å². The zero-order valence-electron chi connectivity index (χ0n) is 9.08. The van der Waals surface area contributed by atoms with Crippen LogP contribution in [0, 0.1) is 0 Å². The van der Waals surface area contributed by atoms with E-state index in [4.69, 9.17) is 4.74 Å². The normalized spacial score (nSPS) is 16.2. The van der Waals surface area contributed by atoms with Gasteiger partial charge in [-0.05, 0) is 21.0 Å². The number of nitrogens with zero attached hydrogens (tertiary/aromatic N) is 1. The van der Waals surface area contributed by atoms with Gasteiger partial charge in [-0.1, -0.05) is 0 Å². The lowest BCUT2D eigenvalue weighted by Gasteiger charge is -2.19. The molecule has 0 bridgehead atoms. The standard InChI is InChI=1S/C9H22N2O2/c1-8(7-13-4)10-5-9(12)6-11(2)3/h8-10,12H,5-7H2,1-4H3. The Morgan fingerprint density at radius 1 is 1.46 bits per heavy atom. The van der Waals surface area contributed by atoms with Gasteiger partial charge in [0.05, 0.1) is 12.7 Å². The van der Waals surface area contributed by atoms with Crippen molar-refractivity contribution in [3.8, 4) is 0 Å². The third-order valence-corrected chi connectivity index (χ3v) is 1.69. The van der Waals surface area contributed by atoms with E-state index in [9.17, 15) is 5.11 Å². The smallest absolute Gasteiger partial charge is 0.0791 e. The number of aliphatic hydroxyl groups is 1. The van der Waals surface area contributed by atoms with Gasteiger partial charge in [-0.25, -0.2) is 0 Å². The van der Waals surface area contributed by atoms with Crippen molar-refractivity contribution in [1.29, 1.82) is 0 Å². The van der Waals surface area contributed by atoms with Gasteiger partial charge in [-0.3, -0.25) is 0 Å². The van der Waals surface area contributed by atoms with E-state index in [2.05, 4.69) is 5.32 Å². The lowest BCUT2D eigenvalue weighted by atomic mass is 10.3. The van der Waals surface area contributed by atoms with Gasteiger partial charge in [-0.15, -0.1) is 0 Å². The number of hydrogen-bond acceptors (Lipinski definition) is 4. The van der Waals surface area contributed by atoms with Crippen molar-refractivity contribution in [2.24, 2.45) is 0 Å². The van der Waals surface area contributed by atoms with Crippen LogP contribution >= 0.6 is 0 Å². The van der Waals surface area contributed by atoms with E-state index >= 15 is 0 Å². The highest BCUT2D eigenvalue weighted by Gasteiger charge is 2.07. The van der Waals surface area contributed by atoms with Crippen LogP contribution in [-0.4, -0.2) is 63.1 Å². The van der Waals surface area contributed by atoms with Crippen molar-refractivity contribution in [3.63, 3.8) is 0 Å². The van der Waals surface area contributed by atoms with Gasteiger partial charge in [0.1, 0.15) is 0 Å². The molecule has 2 atom stereocenters. The Morgan fingerprint density at radius 2 is 2.08 bits per heavy atom. The molecule has 0 amide bonds. The molecule has 0 aliphatic rings. The molecule has 2 unspecified atom stereocenters. The zero-order valence-corrected chi connectivity index (χ0v) is 9.08. The van der Waals surface area contributed by atoms with E-state index in [0.717, 1.165) is 0 Å². The number of aliphatic hydroxyl groups excluding tert-OH is 1. The Kier molecular flexibility index (Phi) is 7.17. The monoisotopic (exact) mass is 190 g/mol. The summed E-state index contributed by atoms with van der Waals surface area (Å²) in [5.41, 5.74) is 0. The molecule has 0 fully saturated rings. The largest absolute Gasteiger partial charge is 0.390 e. The first-order chi connectivity index (χ1) is 6.06. The molecule has 80 valence electrons. The summed E-state index contributed by atoms with van der Waals surface area (Å²) >= 11 is 0. The Hall–Kier alpha value is -0.160. The number of rotatable bonds is 7. The van der Waals surface area contributed by atoms with Gasteiger partial charge in [-0.2, -0.15) is 0 Å². The predicted octanol–water partition coefficient (Wildman–Crippen LogP) is -0.467. The minimum atomic E-state index is -0.311. The molecule has 0 aromatic heterocycles. The fourth-order valence-corrected chi connectivity index (χ4v) is 1.13. The van der Waals surface area contributed by atoms with E-state index in [0.29, 0.717) is 25.7 Å². The second-order valence-corrected chi connectivity index (χ2v) is 3.68. The molecule has 4 heteroatoms. The minimum Gasteiger partial charge on any atom is -0.390 e. The third-order valence-electron chi connectivity index (χ3n) is 1.69. The molecule has 0 spiro atoms. The van der Waals surface area contributed by atoms with Gasteiger partial charge < -0.3 is 20.1 Å². The summed E-state index contributed by atoms with van der Waals surface area (Å²) in [6, 6.07) is 0.293. The molecule has 0 aromatic carbocycles. The number of ether oxygens (including phenoxy) is 1. The van der Waals surface area contributed by atoms with Crippen LogP contribution in [-0.2, 0) is 4.74 Å². The lowest BCUT2D eigenvalue weighted by molar-refractivity contribution is 0.120. The summed E-state index contributed by atoms with van der Waals surface area (Å²) in [7, 11) is 5.57. The first-order valence-electron chi connectivity index (χ1n) is 4.61. The number of nitrogens with one attached hydrogen (secondary N) is 1. The molecule has 4 nitrogen and oxygen atoms in total. The average Bonchev–Trinajstić information content (AvgIpc) is 2.00. The maximum absolute atomic E-state index is 9.49. The second-order valence-electron chi connectivity index (χ2n) is 3.68. The summed E-state index contributed by atoms with van der Waals surface area (Å²) in [6.45, 7) is 4.01. The average molecular weight is 190 g/mol. The molecule has 0 aliphatic heterocycles. The maximum atomic E-state index is 9.49. The van der Waals surface area contributed by atoms with Crippen LogP contribution in [0.25, 0.3) is 0 Å². The molecule has 13 heavy (non-hydrogen) atoms. The third kappa shape index (κ3) is 8.18. The van der Waals surface area contributed by atoms with E-state index < -0.39 is 0 Å². The summed E-state index contributed by atoms with van der Waals surface area (Å²) in [5.74, 6) is 0. The lowest BCUT2D eigenvalue weighted by Crippen LogP contribution is -2.40. The van der Waals surface area contributed by atoms with Gasteiger partial charge in [0.2, 0.25) is 0 Å². The molecule has 0 radical (unpaired) electrons. The fourth-order valence-electron chi connectivity index (χ4n) is 1.13. The molecule has 0 aliphatic carbocycles. The van der Waals surface area contributed by atoms with Crippen LogP contribution in [0.5, 0.6) is 0 Å². The predicted molar refractivity (Wildman–Crippen MR) is 53.9 cm³/mol. The Bertz CT molecular complexity index is 120. The van der Waals surface area contributed by atoms with Crippen LogP contribution in [0.3, 0.4) is 0 Å². The van der Waals surface area contributed by atoms with E-state index in [1.165, 1.54) is 0 Å². The second kappa shape index (κ2) is 7.26. The number of methoxy groups -OCH3 is 1. The topological polar surface area (TPSA) is 44.7 Å². The summed E-state index contributed by atoms with van der Waals surface area (Å²) in [4.78, 5) is 1.97. The molecule has 0 heterocycles. The van der Waals surface area contributed by atoms with Crippen molar-refractivity contribution in [2.75, 3.05) is 40.9 Å². The van der Waals surface area contributed by atoms with Crippen LogP contribution in [0.1, 0.15) is 6.92 Å². The molecule has 0 saturated carbocycles. The molecular formula is C9H22N2O2. The van der Waals surface area contributed by atoms with Crippen molar-refractivity contribution in [3.05, 3.63) is 0 Å². The minimum absolute atomic E-state index is 0.293. The fraction of sp³-hybridized carbons (Fsp3) is 1.00. The van der Waals surface area contributed by atoms with Crippen LogP contribution in [0.2, 0.25) is 0 Å². The van der Waals surface area contributed by atoms with Crippen molar-refractivity contribution in [1.82, 2.24) is 10.2 Å². The summed E-state index contributed by atoms with van der Waals surface area (Å²) < 4.78 is 4.96. The summed E-state index contributed by atoms with van der Waals surface area (Å²) in [5, 5.41) is 12.7. The Balaban J connectivity index is 3.40. The number of hydrogen-bond donors (Lipinski definition) is 2. The summed E-state index contributed by atoms with van der Waals surface area (Å²) in [6.07, 6.45) is -0.311. The van der Waals surface area contributed by atoms with Crippen molar-refractivity contribution >= 4 is 0 Å². The van der Waals surface area contributed by atoms with Crippen molar-refractivity contribution < 1.29 is 9.84 Å². The Morgan fingerprint density at radius 3 is 2.54 bits per heavy atom. The van der Waals surface area contributed by atoms with Crippen LogP contribution in [0.4, 0.5) is 0 Å². The number of likely N-dealkylation sites (N-methyl/N-ethyl adjacent to an activating group) is 1. The molecule has 0 aromatic rings. The maximum Gasteiger partial charge on any atom is 0.0791 e. The highest BCUT2D eigenvalue weighted by molar-refractivity contribution is 4.66. The molecule has 0 saturated heterocycles. The van der Waals surface area contributed by atoms with E-state index in [-0.39, 0.29) is 6.10 Å². The molecule has 0 rings (SSSR count). The quantitative estimate of drug-likeness (QED) is 0.570. The zero-order chi connectivity index (χ0) is 10.3. The molecule has 2 N–H and O–H groups in total. The first-order valence-corrected chi connectivity index (χ1v) is 4.61. The van der Waals surface area contributed by atoms with Gasteiger partial charge >= 0.3 is 0 Å². The van der Waals surface area contributed by atoms with Gasteiger partial charge in [0, 0.05) is 26.2 Å². The highest BCUT2D eigenvalue weighted by atomic mass is 16.5. The SMILES string of the molecule is COCC(C)NCC(O)CN(C)C. The molecular weight excluding hydrogens is 168 g/mol. The van der Waals surface area contributed by atoms with Crippen LogP contribution < -0.4 is 5.32 Å². The van der Waals surface area contributed by atoms with Gasteiger partial charge in [0.25, 0.3) is 0 Å². The van der Waals surface area contributed by atoms with E-state index in [1.54, 1.807) is 7.11 Å².